The number of carbonyl (C=O) groups is 1. The molecule has 0 spiro atoms. The number of benzene rings is 2. The van der Waals surface area contributed by atoms with E-state index in [1.54, 1.807) is 12.1 Å². The minimum absolute atomic E-state index is 0.0208. The molecule has 0 saturated carbocycles. The van der Waals surface area contributed by atoms with Crippen molar-refractivity contribution in [2.75, 3.05) is 0 Å². The predicted molar refractivity (Wildman–Crippen MR) is 102 cm³/mol. The summed E-state index contributed by atoms with van der Waals surface area (Å²) in [5.74, 6) is -0.661. The van der Waals surface area contributed by atoms with Crippen LogP contribution in [0.3, 0.4) is 0 Å². The fourth-order valence-corrected chi connectivity index (χ4v) is 3.04. The predicted octanol–water partition coefficient (Wildman–Crippen LogP) is 5.48. The zero-order chi connectivity index (χ0) is 20.3. The number of rotatable bonds is 6. The number of hydrogen-bond acceptors (Lipinski definition) is 4. The molecule has 1 heterocycles. The number of amides is 1. The highest BCUT2D eigenvalue weighted by atomic mass is 35.5. The Kier molecular flexibility index (Phi) is 5.96. The zero-order valence-electron chi connectivity index (χ0n) is 14.3. The second-order valence-electron chi connectivity index (χ2n) is 5.86. The number of furan rings is 1. The summed E-state index contributed by atoms with van der Waals surface area (Å²) in [4.78, 5) is 24.8. The van der Waals surface area contributed by atoms with Crippen molar-refractivity contribution in [3.05, 3.63) is 97.7 Å². The van der Waals surface area contributed by atoms with E-state index in [1.807, 2.05) is 0 Å². The van der Waals surface area contributed by atoms with Crippen molar-refractivity contribution in [1.29, 1.82) is 0 Å². The molecule has 3 aromatic rings. The van der Waals surface area contributed by atoms with Crippen molar-refractivity contribution < 1.29 is 18.5 Å². The third-order valence-corrected chi connectivity index (χ3v) is 4.69. The topological polar surface area (TPSA) is 76.6 Å². The molecule has 144 valence electrons. The van der Waals surface area contributed by atoms with E-state index in [9.17, 15) is 19.3 Å². The van der Waals surface area contributed by atoms with E-state index < -0.39 is 22.3 Å². The second-order valence-corrected chi connectivity index (χ2v) is 6.68. The molecule has 0 fully saturated rings. The number of nitro benzene ring substituents is 1. The number of nitro groups is 1. The molecular formula is C19H13Cl2FN2O4. The van der Waals surface area contributed by atoms with Gasteiger partial charge >= 0.3 is 0 Å². The van der Waals surface area contributed by atoms with Crippen LogP contribution in [0.1, 0.15) is 21.7 Å². The van der Waals surface area contributed by atoms with E-state index in [1.165, 1.54) is 41.5 Å². The normalized spacial score (nSPS) is 10.7. The summed E-state index contributed by atoms with van der Waals surface area (Å²) in [5.41, 5.74) is -0.225. The lowest BCUT2D eigenvalue weighted by Crippen LogP contribution is -2.30. The van der Waals surface area contributed by atoms with Crippen LogP contribution < -0.4 is 0 Å². The van der Waals surface area contributed by atoms with Crippen LogP contribution in [0.15, 0.2) is 59.2 Å². The maximum atomic E-state index is 14.2. The van der Waals surface area contributed by atoms with Crippen LogP contribution in [0.4, 0.5) is 10.1 Å². The Hall–Kier alpha value is -2.90. The van der Waals surface area contributed by atoms with Crippen molar-refractivity contribution in [3.63, 3.8) is 0 Å². The zero-order valence-corrected chi connectivity index (χ0v) is 15.8. The van der Waals surface area contributed by atoms with Crippen LogP contribution >= 0.6 is 23.2 Å². The monoisotopic (exact) mass is 422 g/mol. The third-order valence-electron chi connectivity index (χ3n) is 4.01. The van der Waals surface area contributed by atoms with Crippen LogP contribution in [0.2, 0.25) is 10.0 Å². The number of halogens is 3. The van der Waals surface area contributed by atoms with Crippen molar-refractivity contribution in [2.24, 2.45) is 0 Å². The Morgan fingerprint density at radius 1 is 1.11 bits per heavy atom. The molecule has 2 aromatic carbocycles. The second kappa shape index (κ2) is 8.41. The van der Waals surface area contributed by atoms with Gasteiger partial charge in [0, 0.05) is 22.2 Å². The van der Waals surface area contributed by atoms with Gasteiger partial charge in [-0.05, 0) is 36.4 Å². The van der Waals surface area contributed by atoms with Gasteiger partial charge in [-0.15, -0.1) is 0 Å². The third kappa shape index (κ3) is 4.32. The number of carbonyl (C=O) groups excluding carboxylic acids is 1. The lowest BCUT2D eigenvalue weighted by Gasteiger charge is -2.23. The number of nitrogens with zero attached hydrogens (tertiary/aromatic N) is 2. The van der Waals surface area contributed by atoms with E-state index in [-0.39, 0.29) is 34.3 Å². The van der Waals surface area contributed by atoms with Gasteiger partial charge in [-0.2, -0.15) is 0 Å². The first-order valence-electron chi connectivity index (χ1n) is 8.05. The molecule has 0 atom stereocenters. The van der Waals surface area contributed by atoms with Crippen molar-refractivity contribution in [1.82, 2.24) is 4.90 Å². The molecule has 1 aromatic heterocycles. The fourth-order valence-electron chi connectivity index (χ4n) is 2.63. The van der Waals surface area contributed by atoms with Crippen molar-refractivity contribution in [3.8, 4) is 0 Å². The van der Waals surface area contributed by atoms with Crippen LogP contribution in [-0.4, -0.2) is 15.7 Å². The average Bonchev–Trinajstić information content (AvgIpc) is 3.16. The highest BCUT2D eigenvalue weighted by Gasteiger charge is 2.23. The van der Waals surface area contributed by atoms with Crippen molar-refractivity contribution >= 4 is 34.8 Å². The van der Waals surface area contributed by atoms with E-state index in [4.69, 9.17) is 27.6 Å². The molecule has 0 radical (unpaired) electrons. The molecule has 28 heavy (non-hydrogen) atoms. The number of hydrogen-bond donors (Lipinski definition) is 0. The molecule has 0 aliphatic carbocycles. The van der Waals surface area contributed by atoms with Crippen LogP contribution in [0.5, 0.6) is 0 Å². The average molecular weight is 423 g/mol. The summed E-state index contributed by atoms with van der Waals surface area (Å²) < 4.78 is 19.5. The van der Waals surface area contributed by atoms with Gasteiger partial charge in [0.2, 0.25) is 0 Å². The molecule has 9 heteroatoms. The maximum absolute atomic E-state index is 14.2. The molecule has 0 N–H and O–H groups in total. The molecule has 1 amide bonds. The Bertz CT molecular complexity index is 1000. The van der Waals surface area contributed by atoms with Gasteiger partial charge in [0.25, 0.3) is 11.6 Å². The van der Waals surface area contributed by atoms with E-state index in [0.717, 1.165) is 6.07 Å². The van der Waals surface area contributed by atoms with Gasteiger partial charge in [-0.1, -0.05) is 29.3 Å². The first-order valence-corrected chi connectivity index (χ1v) is 8.81. The summed E-state index contributed by atoms with van der Waals surface area (Å²) >= 11 is 11.9. The van der Waals surface area contributed by atoms with Gasteiger partial charge in [-0.3, -0.25) is 14.9 Å². The maximum Gasteiger partial charge on any atom is 0.288 e. The van der Waals surface area contributed by atoms with E-state index in [0.29, 0.717) is 5.76 Å². The minimum atomic E-state index is -0.677. The standard InChI is InChI=1S/C19H13Cl2FN2O4/c20-15-4-1-5-17(22)14(15)11-23(10-13-3-2-8-28-13)19(25)12-6-7-16(21)18(9-12)24(26)27/h1-9H,10-11H2. The van der Waals surface area contributed by atoms with Gasteiger partial charge in [0.15, 0.2) is 0 Å². The first-order chi connectivity index (χ1) is 13.4. The van der Waals surface area contributed by atoms with Gasteiger partial charge < -0.3 is 9.32 Å². The SMILES string of the molecule is O=C(c1ccc(Cl)c([N+](=O)[O-])c1)N(Cc1ccco1)Cc1c(F)cccc1Cl. The van der Waals surface area contributed by atoms with Crippen LogP contribution in [-0.2, 0) is 13.1 Å². The lowest BCUT2D eigenvalue weighted by atomic mass is 10.1. The summed E-state index contributed by atoms with van der Waals surface area (Å²) in [5, 5.41) is 11.2. The van der Waals surface area contributed by atoms with Crippen molar-refractivity contribution in [2.45, 2.75) is 13.1 Å². The summed E-state index contributed by atoms with van der Waals surface area (Å²) in [6.07, 6.45) is 1.45. The van der Waals surface area contributed by atoms with Crippen LogP contribution in [0.25, 0.3) is 0 Å². The fraction of sp³-hybridized carbons (Fsp3) is 0.105. The van der Waals surface area contributed by atoms with E-state index >= 15 is 0 Å². The molecular weight excluding hydrogens is 410 g/mol. The van der Waals surface area contributed by atoms with Gasteiger partial charge in [0.05, 0.1) is 24.3 Å². The molecule has 0 aliphatic heterocycles. The summed E-state index contributed by atoms with van der Waals surface area (Å²) in [6.45, 7) is -0.131. The lowest BCUT2D eigenvalue weighted by molar-refractivity contribution is -0.384. The Morgan fingerprint density at radius 3 is 2.54 bits per heavy atom. The highest BCUT2D eigenvalue weighted by Crippen LogP contribution is 2.27. The highest BCUT2D eigenvalue weighted by molar-refractivity contribution is 6.32. The molecule has 0 saturated heterocycles. The van der Waals surface area contributed by atoms with Gasteiger partial charge in [0.1, 0.15) is 16.6 Å². The largest absolute Gasteiger partial charge is 0.467 e. The molecule has 0 bridgehead atoms. The van der Waals surface area contributed by atoms with E-state index in [2.05, 4.69) is 0 Å². The molecule has 0 unspecified atom stereocenters. The molecule has 0 aliphatic rings. The van der Waals surface area contributed by atoms with Crippen LogP contribution in [0, 0.1) is 15.9 Å². The Balaban J connectivity index is 1.98. The summed E-state index contributed by atoms with van der Waals surface area (Å²) in [7, 11) is 0. The Morgan fingerprint density at radius 2 is 1.89 bits per heavy atom. The molecule has 3 rings (SSSR count). The molecule has 6 nitrogen and oxygen atoms in total. The smallest absolute Gasteiger partial charge is 0.288 e. The summed E-state index contributed by atoms with van der Waals surface area (Å²) in [6, 6.07) is 11.3. The minimum Gasteiger partial charge on any atom is -0.467 e. The first kappa shape index (κ1) is 19.9. The van der Waals surface area contributed by atoms with Gasteiger partial charge in [-0.25, -0.2) is 4.39 Å². The Labute approximate surface area is 169 Å². The quantitative estimate of drug-likeness (QED) is 0.389.